The molecular formula is C9H9NO2. The molecule has 0 aromatic heterocycles. The lowest BCUT2D eigenvalue weighted by molar-refractivity contribution is 0.101. The van der Waals surface area contributed by atoms with Crippen molar-refractivity contribution in [2.45, 2.75) is 6.92 Å². The summed E-state index contributed by atoms with van der Waals surface area (Å²) in [6.45, 7) is 1.51. The minimum Gasteiger partial charge on any atom is -0.411 e. The molecule has 0 amide bonds. The number of oxime groups is 1. The van der Waals surface area contributed by atoms with Crippen LogP contribution < -0.4 is 0 Å². The van der Waals surface area contributed by atoms with Crippen LogP contribution >= 0.6 is 0 Å². The van der Waals surface area contributed by atoms with Gasteiger partial charge in [-0.05, 0) is 12.5 Å². The normalized spacial score (nSPS) is 10.4. The number of Topliss-reactive ketones (excluding diaryl/α,β-unsaturated/α-hetero) is 1. The standard InChI is InChI=1S/C9H9NO2/c1-7(11)9-4-2-8(3-5-9)6-10-12/h2-6,12H,1H3. The SMILES string of the molecule is CC(=O)c1ccc(C=NO)cc1. The number of ketones is 1. The molecule has 1 N–H and O–H groups in total. The lowest BCUT2D eigenvalue weighted by Gasteiger charge is -1.94. The predicted octanol–water partition coefficient (Wildman–Crippen LogP) is 1.70. The Bertz CT molecular complexity index is 301. The first kappa shape index (κ1) is 8.46. The highest BCUT2D eigenvalue weighted by atomic mass is 16.4. The van der Waals surface area contributed by atoms with E-state index in [1.54, 1.807) is 24.3 Å². The molecular weight excluding hydrogens is 154 g/mol. The largest absolute Gasteiger partial charge is 0.411 e. The van der Waals surface area contributed by atoms with Crippen LogP contribution in [0.3, 0.4) is 0 Å². The monoisotopic (exact) mass is 163 g/mol. The van der Waals surface area contributed by atoms with Gasteiger partial charge in [0.1, 0.15) is 0 Å². The fraction of sp³-hybridized carbons (Fsp3) is 0.111. The number of hydrogen-bond acceptors (Lipinski definition) is 3. The maximum atomic E-state index is 10.8. The molecule has 0 aliphatic heterocycles. The Morgan fingerprint density at radius 1 is 1.42 bits per heavy atom. The van der Waals surface area contributed by atoms with Crippen molar-refractivity contribution in [2.24, 2.45) is 5.16 Å². The van der Waals surface area contributed by atoms with E-state index in [2.05, 4.69) is 5.16 Å². The van der Waals surface area contributed by atoms with Gasteiger partial charge in [-0.2, -0.15) is 0 Å². The van der Waals surface area contributed by atoms with Crippen LogP contribution in [0.25, 0.3) is 0 Å². The van der Waals surface area contributed by atoms with E-state index >= 15 is 0 Å². The van der Waals surface area contributed by atoms with E-state index in [0.29, 0.717) is 5.56 Å². The highest BCUT2D eigenvalue weighted by molar-refractivity contribution is 5.94. The molecule has 3 heteroatoms. The molecule has 1 aromatic carbocycles. The van der Waals surface area contributed by atoms with Crippen LogP contribution in [0.15, 0.2) is 29.4 Å². The first-order valence-corrected chi connectivity index (χ1v) is 3.52. The molecule has 1 aromatic rings. The van der Waals surface area contributed by atoms with Crippen LogP contribution in [-0.4, -0.2) is 17.2 Å². The van der Waals surface area contributed by atoms with Crippen molar-refractivity contribution in [2.75, 3.05) is 0 Å². The third-order valence-electron chi connectivity index (χ3n) is 1.52. The van der Waals surface area contributed by atoms with E-state index in [0.717, 1.165) is 5.56 Å². The summed E-state index contributed by atoms with van der Waals surface area (Å²) in [5.74, 6) is 0.0301. The minimum absolute atomic E-state index is 0.0301. The van der Waals surface area contributed by atoms with Crippen LogP contribution in [0.1, 0.15) is 22.8 Å². The molecule has 0 bridgehead atoms. The quantitative estimate of drug-likeness (QED) is 0.312. The first-order chi connectivity index (χ1) is 5.74. The number of benzene rings is 1. The Balaban J connectivity index is 2.93. The van der Waals surface area contributed by atoms with Crippen molar-refractivity contribution in [3.63, 3.8) is 0 Å². The Kier molecular flexibility index (Phi) is 2.58. The van der Waals surface area contributed by atoms with Crippen molar-refractivity contribution in [1.82, 2.24) is 0 Å². The average molecular weight is 163 g/mol. The molecule has 0 fully saturated rings. The number of carbonyl (C=O) groups excluding carboxylic acids is 1. The summed E-state index contributed by atoms with van der Waals surface area (Å²) in [7, 11) is 0. The summed E-state index contributed by atoms with van der Waals surface area (Å²) in [5, 5.41) is 11.1. The molecule has 62 valence electrons. The van der Waals surface area contributed by atoms with E-state index in [9.17, 15) is 4.79 Å². The van der Waals surface area contributed by atoms with Crippen LogP contribution in [0.5, 0.6) is 0 Å². The summed E-state index contributed by atoms with van der Waals surface area (Å²) >= 11 is 0. The highest BCUT2D eigenvalue weighted by Gasteiger charge is 1.96. The second-order valence-electron chi connectivity index (χ2n) is 2.42. The van der Waals surface area contributed by atoms with Crippen LogP contribution in [0.4, 0.5) is 0 Å². The van der Waals surface area contributed by atoms with Gasteiger partial charge in [0, 0.05) is 5.56 Å². The number of carbonyl (C=O) groups is 1. The maximum absolute atomic E-state index is 10.8. The van der Waals surface area contributed by atoms with E-state index in [4.69, 9.17) is 5.21 Å². The summed E-state index contributed by atoms with van der Waals surface area (Å²) in [6, 6.07) is 6.82. The summed E-state index contributed by atoms with van der Waals surface area (Å²) in [4.78, 5) is 10.8. The zero-order chi connectivity index (χ0) is 8.97. The average Bonchev–Trinajstić information content (AvgIpc) is 2.06. The molecule has 0 saturated heterocycles. The fourth-order valence-electron chi connectivity index (χ4n) is 0.871. The zero-order valence-corrected chi connectivity index (χ0v) is 6.69. The van der Waals surface area contributed by atoms with Gasteiger partial charge in [-0.1, -0.05) is 29.4 Å². The zero-order valence-electron chi connectivity index (χ0n) is 6.69. The Labute approximate surface area is 70.3 Å². The molecule has 1 rings (SSSR count). The second-order valence-corrected chi connectivity index (χ2v) is 2.42. The molecule has 0 atom stereocenters. The maximum Gasteiger partial charge on any atom is 0.159 e. The molecule has 0 unspecified atom stereocenters. The minimum atomic E-state index is 0.0301. The molecule has 0 radical (unpaired) electrons. The summed E-state index contributed by atoms with van der Waals surface area (Å²) in [6.07, 6.45) is 1.31. The molecule has 0 heterocycles. The molecule has 0 aliphatic rings. The lowest BCUT2D eigenvalue weighted by Crippen LogP contribution is -1.91. The smallest absolute Gasteiger partial charge is 0.159 e. The first-order valence-electron chi connectivity index (χ1n) is 3.52. The predicted molar refractivity (Wildman–Crippen MR) is 45.8 cm³/mol. The van der Waals surface area contributed by atoms with E-state index in [1.807, 2.05) is 0 Å². The molecule has 0 aliphatic carbocycles. The molecule has 0 saturated carbocycles. The van der Waals surface area contributed by atoms with Gasteiger partial charge >= 0.3 is 0 Å². The third kappa shape index (κ3) is 1.92. The summed E-state index contributed by atoms with van der Waals surface area (Å²) < 4.78 is 0. The van der Waals surface area contributed by atoms with Crippen molar-refractivity contribution >= 4 is 12.0 Å². The topological polar surface area (TPSA) is 49.7 Å². The van der Waals surface area contributed by atoms with Crippen molar-refractivity contribution in [1.29, 1.82) is 0 Å². The van der Waals surface area contributed by atoms with Crippen LogP contribution in [0, 0.1) is 0 Å². The van der Waals surface area contributed by atoms with Gasteiger partial charge in [-0.3, -0.25) is 4.79 Å². The number of hydrogen-bond donors (Lipinski definition) is 1. The Hall–Kier alpha value is -1.64. The Morgan fingerprint density at radius 3 is 2.42 bits per heavy atom. The lowest BCUT2D eigenvalue weighted by atomic mass is 10.1. The summed E-state index contributed by atoms with van der Waals surface area (Å²) in [5.41, 5.74) is 1.42. The van der Waals surface area contributed by atoms with Crippen molar-refractivity contribution in [3.05, 3.63) is 35.4 Å². The van der Waals surface area contributed by atoms with Gasteiger partial charge in [0.15, 0.2) is 5.78 Å². The highest BCUT2D eigenvalue weighted by Crippen LogP contribution is 2.02. The van der Waals surface area contributed by atoms with Gasteiger partial charge in [0.2, 0.25) is 0 Å². The van der Waals surface area contributed by atoms with Crippen molar-refractivity contribution in [3.8, 4) is 0 Å². The van der Waals surface area contributed by atoms with Gasteiger partial charge in [-0.25, -0.2) is 0 Å². The van der Waals surface area contributed by atoms with E-state index in [1.165, 1.54) is 13.1 Å². The van der Waals surface area contributed by atoms with Crippen LogP contribution in [-0.2, 0) is 0 Å². The third-order valence-corrected chi connectivity index (χ3v) is 1.52. The van der Waals surface area contributed by atoms with Gasteiger partial charge < -0.3 is 5.21 Å². The Morgan fingerprint density at radius 2 is 2.00 bits per heavy atom. The van der Waals surface area contributed by atoms with Crippen LogP contribution in [0.2, 0.25) is 0 Å². The number of rotatable bonds is 2. The molecule has 3 nitrogen and oxygen atoms in total. The molecule has 0 spiro atoms. The van der Waals surface area contributed by atoms with Gasteiger partial charge in [0.05, 0.1) is 6.21 Å². The van der Waals surface area contributed by atoms with Gasteiger partial charge in [-0.15, -0.1) is 0 Å². The fourth-order valence-corrected chi connectivity index (χ4v) is 0.871. The van der Waals surface area contributed by atoms with Crippen molar-refractivity contribution < 1.29 is 10.0 Å². The second kappa shape index (κ2) is 3.67. The van der Waals surface area contributed by atoms with E-state index < -0.39 is 0 Å². The molecule has 12 heavy (non-hydrogen) atoms. The number of nitrogens with zero attached hydrogens (tertiary/aromatic N) is 1. The van der Waals surface area contributed by atoms with Gasteiger partial charge in [0.25, 0.3) is 0 Å². The van der Waals surface area contributed by atoms with E-state index in [-0.39, 0.29) is 5.78 Å².